The average Bonchev–Trinajstić information content (AvgIpc) is 3.09. The van der Waals surface area contributed by atoms with Gasteiger partial charge in [-0.25, -0.2) is 4.98 Å². The first-order chi connectivity index (χ1) is 10.3. The fraction of sp³-hybridized carbons (Fsp3) is 0.0588. The number of anilines is 1. The number of hydrogen-bond donors (Lipinski definition) is 1. The van der Waals surface area contributed by atoms with E-state index >= 15 is 0 Å². The third-order valence-electron chi connectivity index (χ3n) is 3.39. The standard InChI is InChI=1S/C17H15N3O/c1-20(17(21)16-11-18-12-19-16)15-9-7-14(8-10-15)13-5-3-2-4-6-13/h2-12H,1H3,(H,18,19). The number of imidazole rings is 1. The number of aromatic amines is 1. The number of aromatic nitrogens is 2. The molecule has 1 N–H and O–H groups in total. The zero-order valence-corrected chi connectivity index (χ0v) is 11.7. The first-order valence-electron chi connectivity index (χ1n) is 6.67. The van der Waals surface area contributed by atoms with Crippen molar-refractivity contribution in [2.45, 2.75) is 0 Å². The number of amides is 1. The highest BCUT2D eigenvalue weighted by Gasteiger charge is 2.14. The smallest absolute Gasteiger partial charge is 0.276 e. The van der Waals surface area contributed by atoms with E-state index in [1.807, 2.05) is 42.5 Å². The SMILES string of the molecule is CN(C(=O)c1cnc[nH]1)c1ccc(-c2ccccc2)cc1. The van der Waals surface area contributed by atoms with Gasteiger partial charge in [-0.15, -0.1) is 0 Å². The molecule has 0 aliphatic heterocycles. The summed E-state index contributed by atoms with van der Waals surface area (Å²) in [6, 6.07) is 18.1. The van der Waals surface area contributed by atoms with Crippen LogP contribution in [0.15, 0.2) is 67.1 Å². The van der Waals surface area contributed by atoms with E-state index in [2.05, 4.69) is 22.1 Å². The Morgan fingerprint density at radius 1 is 1.00 bits per heavy atom. The van der Waals surface area contributed by atoms with Gasteiger partial charge in [-0.05, 0) is 23.3 Å². The van der Waals surface area contributed by atoms with Gasteiger partial charge in [0, 0.05) is 12.7 Å². The number of benzene rings is 2. The number of nitrogens with one attached hydrogen (secondary N) is 1. The van der Waals surface area contributed by atoms with Crippen LogP contribution in [-0.4, -0.2) is 22.9 Å². The Kier molecular flexibility index (Phi) is 3.51. The Morgan fingerprint density at radius 3 is 2.29 bits per heavy atom. The molecule has 0 radical (unpaired) electrons. The van der Waals surface area contributed by atoms with Crippen molar-refractivity contribution in [3.8, 4) is 11.1 Å². The average molecular weight is 277 g/mol. The Bertz CT molecular complexity index is 718. The van der Waals surface area contributed by atoms with Gasteiger partial charge in [-0.3, -0.25) is 4.79 Å². The lowest BCUT2D eigenvalue weighted by Crippen LogP contribution is -2.26. The molecule has 0 spiro atoms. The minimum Gasteiger partial charge on any atom is -0.341 e. The summed E-state index contributed by atoms with van der Waals surface area (Å²) in [5.74, 6) is -0.111. The number of nitrogens with zero attached hydrogens (tertiary/aromatic N) is 2. The van der Waals surface area contributed by atoms with Gasteiger partial charge >= 0.3 is 0 Å². The van der Waals surface area contributed by atoms with Crippen molar-refractivity contribution in [3.05, 3.63) is 72.8 Å². The first kappa shape index (κ1) is 13.1. The molecule has 3 rings (SSSR count). The lowest BCUT2D eigenvalue weighted by atomic mass is 10.1. The molecule has 104 valence electrons. The molecule has 1 aromatic heterocycles. The second-order valence-electron chi connectivity index (χ2n) is 4.74. The topological polar surface area (TPSA) is 49.0 Å². The summed E-state index contributed by atoms with van der Waals surface area (Å²) in [5.41, 5.74) is 3.60. The highest BCUT2D eigenvalue weighted by Crippen LogP contribution is 2.23. The van der Waals surface area contributed by atoms with Crippen molar-refractivity contribution in [3.63, 3.8) is 0 Å². The van der Waals surface area contributed by atoms with Crippen molar-refractivity contribution in [2.75, 3.05) is 11.9 Å². The van der Waals surface area contributed by atoms with Crippen molar-refractivity contribution >= 4 is 11.6 Å². The van der Waals surface area contributed by atoms with Gasteiger partial charge in [0.2, 0.25) is 0 Å². The molecule has 2 aromatic carbocycles. The highest BCUT2D eigenvalue weighted by molar-refractivity contribution is 6.04. The maximum absolute atomic E-state index is 12.2. The van der Waals surface area contributed by atoms with Gasteiger partial charge in [-0.2, -0.15) is 0 Å². The lowest BCUT2D eigenvalue weighted by Gasteiger charge is -2.16. The molecule has 1 heterocycles. The second-order valence-corrected chi connectivity index (χ2v) is 4.74. The molecule has 21 heavy (non-hydrogen) atoms. The zero-order valence-electron chi connectivity index (χ0n) is 11.7. The number of hydrogen-bond acceptors (Lipinski definition) is 2. The number of carbonyl (C=O) groups is 1. The van der Waals surface area contributed by atoms with E-state index < -0.39 is 0 Å². The number of rotatable bonds is 3. The van der Waals surface area contributed by atoms with E-state index in [9.17, 15) is 4.79 Å². The van der Waals surface area contributed by atoms with Crippen molar-refractivity contribution in [1.29, 1.82) is 0 Å². The Balaban J connectivity index is 1.83. The van der Waals surface area contributed by atoms with Gasteiger partial charge < -0.3 is 9.88 Å². The number of carbonyl (C=O) groups excluding carboxylic acids is 1. The molecule has 4 nitrogen and oxygen atoms in total. The zero-order chi connectivity index (χ0) is 14.7. The minimum atomic E-state index is -0.111. The molecule has 0 fully saturated rings. The third kappa shape index (κ3) is 2.69. The van der Waals surface area contributed by atoms with E-state index in [1.54, 1.807) is 11.9 Å². The molecular formula is C17H15N3O. The van der Waals surface area contributed by atoms with Gasteiger partial charge in [0.15, 0.2) is 0 Å². The Labute approximate surface area is 123 Å². The minimum absolute atomic E-state index is 0.111. The van der Waals surface area contributed by atoms with Gasteiger partial charge in [0.25, 0.3) is 5.91 Å². The van der Waals surface area contributed by atoms with Crippen LogP contribution >= 0.6 is 0 Å². The van der Waals surface area contributed by atoms with E-state index in [1.165, 1.54) is 12.5 Å². The maximum Gasteiger partial charge on any atom is 0.276 e. The van der Waals surface area contributed by atoms with Crippen LogP contribution in [0.3, 0.4) is 0 Å². The van der Waals surface area contributed by atoms with Crippen LogP contribution in [0.4, 0.5) is 5.69 Å². The summed E-state index contributed by atoms with van der Waals surface area (Å²) in [5, 5.41) is 0. The van der Waals surface area contributed by atoms with E-state index in [0.29, 0.717) is 5.69 Å². The molecule has 4 heteroatoms. The molecule has 0 aliphatic rings. The van der Waals surface area contributed by atoms with Crippen LogP contribution in [0.25, 0.3) is 11.1 Å². The first-order valence-corrected chi connectivity index (χ1v) is 6.67. The predicted molar refractivity (Wildman–Crippen MR) is 83.2 cm³/mol. The van der Waals surface area contributed by atoms with Gasteiger partial charge in [0.1, 0.15) is 5.69 Å². The van der Waals surface area contributed by atoms with Gasteiger partial charge in [0.05, 0.1) is 12.5 Å². The summed E-state index contributed by atoms with van der Waals surface area (Å²) >= 11 is 0. The summed E-state index contributed by atoms with van der Waals surface area (Å²) < 4.78 is 0. The van der Waals surface area contributed by atoms with Crippen molar-refractivity contribution < 1.29 is 4.79 Å². The fourth-order valence-corrected chi connectivity index (χ4v) is 2.18. The molecule has 1 amide bonds. The van der Waals surface area contributed by atoms with Crippen LogP contribution in [0.1, 0.15) is 10.5 Å². The molecule has 0 unspecified atom stereocenters. The Morgan fingerprint density at radius 2 is 1.67 bits per heavy atom. The van der Waals surface area contributed by atoms with Crippen LogP contribution in [0.5, 0.6) is 0 Å². The number of H-pyrrole nitrogens is 1. The molecule has 0 bridgehead atoms. The second kappa shape index (κ2) is 5.63. The summed E-state index contributed by atoms with van der Waals surface area (Å²) in [7, 11) is 1.75. The molecule has 3 aromatic rings. The lowest BCUT2D eigenvalue weighted by molar-refractivity contribution is 0.0989. The molecular weight excluding hydrogens is 262 g/mol. The van der Waals surface area contributed by atoms with Crippen LogP contribution in [-0.2, 0) is 0 Å². The summed E-state index contributed by atoms with van der Waals surface area (Å²) in [6.07, 6.45) is 3.02. The van der Waals surface area contributed by atoms with E-state index in [-0.39, 0.29) is 5.91 Å². The summed E-state index contributed by atoms with van der Waals surface area (Å²) in [4.78, 5) is 20.5. The monoisotopic (exact) mass is 277 g/mol. The predicted octanol–water partition coefficient (Wildman–Crippen LogP) is 3.35. The largest absolute Gasteiger partial charge is 0.341 e. The van der Waals surface area contributed by atoms with Crippen molar-refractivity contribution in [2.24, 2.45) is 0 Å². The Hall–Kier alpha value is -2.88. The van der Waals surface area contributed by atoms with Crippen LogP contribution < -0.4 is 4.90 Å². The fourth-order valence-electron chi connectivity index (χ4n) is 2.18. The highest BCUT2D eigenvalue weighted by atomic mass is 16.2. The van der Waals surface area contributed by atoms with E-state index in [4.69, 9.17) is 0 Å². The molecule has 0 atom stereocenters. The molecule has 0 saturated heterocycles. The molecule has 0 saturated carbocycles. The maximum atomic E-state index is 12.2. The normalized spacial score (nSPS) is 10.3. The quantitative estimate of drug-likeness (QED) is 0.798. The third-order valence-corrected chi connectivity index (χ3v) is 3.39. The molecule has 0 aliphatic carbocycles. The van der Waals surface area contributed by atoms with Gasteiger partial charge in [-0.1, -0.05) is 42.5 Å². The van der Waals surface area contributed by atoms with Crippen molar-refractivity contribution in [1.82, 2.24) is 9.97 Å². The van der Waals surface area contributed by atoms with Crippen LogP contribution in [0, 0.1) is 0 Å². The van der Waals surface area contributed by atoms with E-state index in [0.717, 1.165) is 16.8 Å². The van der Waals surface area contributed by atoms with Crippen LogP contribution in [0.2, 0.25) is 0 Å². The summed E-state index contributed by atoms with van der Waals surface area (Å²) in [6.45, 7) is 0.